The number of rotatable bonds is 11. The van der Waals surface area contributed by atoms with E-state index >= 15 is 0 Å². The predicted octanol–water partition coefficient (Wildman–Crippen LogP) is 4.88. The zero-order chi connectivity index (χ0) is 22.3. The molecule has 0 spiro atoms. The van der Waals surface area contributed by atoms with Gasteiger partial charge in [0.15, 0.2) is 11.0 Å². The number of halogens is 1. The molecule has 0 aliphatic carbocycles. The van der Waals surface area contributed by atoms with E-state index in [0.717, 1.165) is 17.1 Å². The zero-order valence-electron chi connectivity index (χ0n) is 17.2. The molecular weight excluding hydrogens is 452 g/mol. The Bertz CT molecular complexity index is 1100. The summed E-state index contributed by atoms with van der Waals surface area (Å²) in [7, 11) is -3.80. The average molecular weight is 477 g/mol. The van der Waals surface area contributed by atoms with Crippen LogP contribution in [0.5, 0.6) is 0 Å². The summed E-state index contributed by atoms with van der Waals surface area (Å²) in [6.07, 6.45) is 3.12. The van der Waals surface area contributed by atoms with Gasteiger partial charge in [0.1, 0.15) is 0 Å². The molecule has 0 aliphatic heterocycles. The van der Waals surface area contributed by atoms with E-state index in [1.54, 1.807) is 18.2 Å². The molecule has 3 aromatic rings. The van der Waals surface area contributed by atoms with Crippen LogP contribution in [-0.4, -0.2) is 28.9 Å². The summed E-state index contributed by atoms with van der Waals surface area (Å²) in [6, 6.07) is 15.3. The Morgan fingerprint density at radius 3 is 2.52 bits per heavy atom. The SMILES string of the molecule is C=CCSc1nnc([C@@H](Cc2ccccc2)NS(=O)(=O)c2ccc(Cl)cc2)n1CCC. The molecule has 0 aliphatic rings. The number of aromatic nitrogens is 3. The number of nitrogens with zero attached hydrogens (tertiary/aromatic N) is 3. The highest BCUT2D eigenvalue weighted by atomic mass is 35.5. The third-order valence-corrected chi connectivity index (χ3v) is 7.24. The van der Waals surface area contributed by atoms with Gasteiger partial charge in [0.05, 0.1) is 10.9 Å². The molecule has 0 amide bonds. The smallest absolute Gasteiger partial charge is 0.241 e. The maximum Gasteiger partial charge on any atom is 0.241 e. The lowest BCUT2D eigenvalue weighted by Gasteiger charge is -2.20. The van der Waals surface area contributed by atoms with Crippen molar-refractivity contribution in [3.8, 4) is 0 Å². The van der Waals surface area contributed by atoms with E-state index in [2.05, 4.69) is 28.4 Å². The molecule has 6 nitrogen and oxygen atoms in total. The lowest BCUT2D eigenvalue weighted by molar-refractivity contribution is 0.506. The van der Waals surface area contributed by atoms with Crippen molar-refractivity contribution in [2.75, 3.05) is 5.75 Å². The Labute approximate surface area is 192 Å². The minimum absolute atomic E-state index is 0.151. The van der Waals surface area contributed by atoms with Crippen molar-refractivity contribution in [1.82, 2.24) is 19.5 Å². The van der Waals surface area contributed by atoms with E-state index in [9.17, 15) is 8.42 Å². The van der Waals surface area contributed by atoms with Gasteiger partial charge >= 0.3 is 0 Å². The van der Waals surface area contributed by atoms with Crippen molar-refractivity contribution in [3.05, 3.63) is 83.7 Å². The number of thioether (sulfide) groups is 1. The summed E-state index contributed by atoms with van der Waals surface area (Å²) in [5.41, 5.74) is 0.998. The van der Waals surface area contributed by atoms with Gasteiger partial charge < -0.3 is 4.57 Å². The minimum atomic E-state index is -3.80. The van der Waals surface area contributed by atoms with Gasteiger partial charge in [0, 0.05) is 17.3 Å². The minimum Gasteiger partial charge on any atom is -0.305 e. The van der Waals surface area contributed by atoms with Gasteiger partial charge in [0.25, 0.3) is 0 Å². The van der Waals surface area contributed by atoms with Gasteiger partial charge in [-0.2, -0.15) is 0 Å². The Hall–Kier alpha value is -2.13. The van der Waals surface area contributed by atoms with Crippen molar-refractivity contribution in [1.29, 1.82) is 0 Å². The van der Waals surface area contributed by atoms with E-state index in [4.69, 9.17) is 11.6 Å². The van der Waals surface area contributed by atoms with Gasteiger partial charge in [-0.1, -0.05) is 66.7 Å². The summed E-state index contributed by atoms with van der Waals surface area (Å²) < 4.78 is 31.1. The number of hydrogen-bond donors (Lipinski definition) is 1. The van der Waals surface area contributed by atoms with Gasteiger partial charge in [-0.25, -0.2) is 13.1 Å². The number of sulfonamides is 1. The maximum absolute atomic E-state index is 13.1. The van der Waals surface area contributed by atoms with Crippen LogP contribution in [0.2, 0.25) is 5.02 Å². The molecule has 1 heterocycles. The number of hydrogen-bond acceptors (Lipinski definition) is 5. The van der Waals surface area contributed by atoms with Gasteiger partial charge in [-0.15, -0.1) is 16.8 Å². The molecule has 0 unspecified atom stereocenters. The molecule has 3 rings (SSSR count). The number of benzene rings is 2. The summed E-state index contributed by atoms with van der Waals surface area (Å²) in [5.74, 6) is 1.29. The average Bonchev–Trinajstić information content (AvgIpc) is 3.15. The first-order valence-electron chi connectivity index (χ1n) is 9.93. The second-order valence-corrected chi connectivity index (χ2v) is 10.0. The Balaban J connectivity index is 1.99. The topological polar surface area (TPSA) is 76.9 Å². The quantitative estimate of drug-likeness (QED) is 0.315. The summed E-state index contributed by atoms with van der Waals surface area (Å²) >= 11 is 7.45. The van der Waals surface area contributed by atoms with E-state index < -0.39 is 16.1 Å². The van der Waals surface area contributed by atoms with E-state index in [1.807, 2.05) is 34.9 Å². The molecule has 2 aromatic carbocycles. The van der Waals surface area contributed by atoms with Crippen LogP contribution < -0.4 is 4.72 Å². The molecule has 9 heteroatoms. The summed E-state index contributed by atoms with van der Waals surface area (Å²) in [6.45, 7) is 6.51. The van der Waals surface area contributed by atoms with Crippen molar-refractivity contribution >= 4 is 33.4 Å². The zero-order valence-corrected chi connectivity index (χ0v) is 19.6. The summed E-state index contributed by atoms with van der Waals surface area (Å²) in [4.78, 5) is 0.151. The van der Waals surface area contributed by atoms with Crippen molar-refractivity contribution in [2.24, 2.45) is 0 Å². The third kappa shape index (κ3) is 6.20. The highest BCUT2D eigenvalue weighted by Crippen LogP contribution is 2.25. The first-order valence-corrected chi connectivity index (χ1v) is 12.8. The van der Waals surface area contributed by atoms with Crippen LogP contribution in [0.4, 0.5) is 0 Å². The molecule has 1 aromatic heterocycles. The van der Waals surface area contributed by atoms with Crippen LogP contribution in [0, 0.1) is 0 Å². The fourth-order valence-electron chi connectivity index (χ4n) is 3.14. The normalized spacial score (nSPS) is 12.6. The van der Waals surface area contributed by atoms with Crippen LogP contribution in [0.3, 0.4) is 0 Å². The van der Waals surface area contributed by atoms with E-state index in [0.29, 0.717) is 29.6 Å². The lowest BCUT2D eigenvalue weighted by atomic mass is 10.1. The Kier molecular flexibility index (Phi) is 8.31. The second-order valence-electron chi connectivity index (χ2n) is 6.91. The van der Waals surface area contributed by atoms with Crippen LogP contribution in [0.15, 0.2) is 77.3 Å². The van der Waals surface area contributed by atoms with Crippen molar-refractivity contribution < 1.29 is 8.42 Å². The predicted molar refractivity (Wildman–Crippen MR) is 126 cm³/mol. The van der Waals surface area contributed by atoms with Crippen molar-refractivity contribution in [2.45, 2.75) is 42.4 Å². The molecule has 0 bridgehead atoms. The number of nitrogens with one attached hydrogen (secondary N) is 1. The molecule has 1 N–H and O–H groups in total. The van der Waals surface area contributed by atoms with Crippen LogP contribution in [-0.2, 0) is 23.0 Å². The molecule has 164 valence electrons. The second kappa shape index (κ2) is 10.9. The van der Waals surface area contributed by atoms with Crippen molar-refractivity contribution in [3.63, 3.8) is 0 Å². The molecule has 0 radical (unpaired) electrons. The van der Waals surface area contributed by atoms with Crippen LogP contribution in [0.25, 0.3) is 0 Å². The maximum atomic E-state index is 13.1. The van der Waals surface area contributed by atoms with Gasteiger partial charge in [0.2, 0.25) is 10.0 Å². The molecule has 0 fully saturated rings. The molecule has 31 heavy (non-hydrogen) atoms. The van der Waals surface area contributed by atoms with Crippen LogP contribution >= 0.6 is 23.4 Å². The van der Waals surface area contributed by atoms with Crippen LogP contribution in [0.1, 0.15) is 30.8 Å². The van der Waals surface area contributed by atoms with E-state index in [-0.39, 0.29) is 4.90 Å². The van der Waals surface area contributed by atoms with Gasteiger partial charge in [-0.05, 0) is 42.7 Å². The fourth-order valence-corrected chi connectivity index (χ4v) is 5.16. The van der Waals surface area contributed by atoms with E-state index in [1.165, 1.54) is 23.9 Å². The molecule has 0 saturated carbocycles. The highest BCUT2D eigenvalue weighted by Gasteiger charge is 2.27. The standard InChI is InChI=1S/C22H25ClN4O2S2/c1-3-14-27-21(24-25-22(27)30-15-4-2)20(16-17-8-6-5-7-9-17)26-31(28,29)19-12-10-18(23)11-13-19/h4-13,20,26H,2-3,14-16H2,1H3/t20-/m1/s1. The molecule has 0 saturated heterocycles. The fraction of sp³-hybridized carbons (Fsp3) is 0.273. The Morgan fingerprint density at radius 1 is 1.16 bits per heavy atom. The molecular formula is C22H25ClN4O2S2. The molecule has 1 atom stereocenters. The first kappa shape index (κ1) is 23.5. The van der Waals surface area contributed by atoms with Gasteiger partial charge in [-0.3, -0.25) is 0 Å². The Morgan fingerprint density at radius 2 is 1.87 bits per heavy atom. The monoisotopic (exact) mass is 476 g/mol. The lowest BCUT2D eigenvalue weighted by Crippen LogP contribution is -2.32. The summed E-state index contributed by atoms with van der Waals surface area (Å²) in [5, 5.41) is 9.94. The third-order valence-electron chi connectivity index (χ3n) is 4.54. The first-order chi connectivity index (χ1) is 14.9. The highest BCUT2D eigenvalue weighted by molar-refractivity contribution is 7.99. The largest absolute Gasteiger partial charge is 0.305 e.